The highest BCUT2D eigenvalue weighted by Gasteiger charge is 2.26. The van der Waals surface area contributed by atoms with Gasteiger partial charge < -0.3 is 9.47 Å². The van der Waals surface area contributed by atoms with Gasteiger partial charge in [-0.05, 0) is 58.7 Å². The van der Waals surface area contributed by atoms with Crippen LogP contribution in [0.1, 0.15) is 43.0 Å². The van der Waals surface area contributed by atoms with E-state index in [9.17, 15) is 8.42 Å². The second-order valence-corrected chi connectivity index (χ2v) is 14.8. The van der Waals surface area contributed by atoms with Crippen LogP contribution in [0.5, 0.6) is 11.5 Å². The lowest BCUT2D eigenvalue weighted by Gasteiger charge is -2.20. The van der Waals surface area contributed by atoms with E-state index in [0.29, 0.717) is 24.7 Å². The van der Waals surface area contributed by atoms with Crippen molar-refractivity contribution in [3.63, 3.8) is 0 Å². The van der Waals surface area contributed by atoms with Crippen LogP contribution < -0.4 is 9.47 Å². The molecule has 0 amide bonds. The number of alkyl halides is 2. The minimum atomic E-state index is -3.94. The first-order valence-electron chi connectivity index (χ1n) is 15.1. The molecule has 0 fully saturated rings. The lowest BCUT2D eigenvalue weighted by molar-refractivity contribution is 0.303. The number of ether oxygens (including phenoxy) is 2. The Bertz CT molecular complexity index is 1880. The number of benzene rings is 6. The zero-order chi connectivity index (χ0) is 32.6. The summed E-state index contributed by atoms with van der Waals surface area (Å²) in [5.41, 5.74) is 5.45. The Morgan fingerprint density at radius 2 is 0.809 bits per heavy atom. The molecule has 0 aromatic heterocycles. The van der Waals surface area contributed by atoms with Crippen LogP contribution in [0.3, 0.4) is 0 Å². The molecule has 6 aromatic rings. The molecule has 0 N–H and O–H groups in total. The van der Waals surface area contributed by atoms with Gasteiger partial charge in [0.2, 0.25) is 9.84 Å². The largest absolute Gasteiger partial charge is 0.489 e. The summed E-state index contributed by atoms with van der Waals surface area (Å²) >= 11 is 7.67. The summed E-state index contributed by atoms with van der Waals surface area (Å²) < 4.78 is 41.2. The average Bonchev–Trinajstić information content (AvgIpc) is 3.14. The topological polar surface area (TPSA) is 52.6 Å². The van der Waals surface area contributed by atoms with Crippen LogP contribution in [0, 0.1) is 0 Å². The van der Waals surface area contributed by atoms with E-state index < -0.39 is 9.84 Å². The molecule has 2 unspecified atom stereocenters. The van der Waals surface area contributed by atoms with Crippen molar-refractivity contribution in [2.45, 2.75) is 32.7 Å². The maximum absolute atomic E-state index is 14.3. The number of halogens is 2. The van der Waals surface area contributed by atoms with Crippen LogP contribution in [0.25, 0.3) is 0 Å². The van der Waals surface area contributed by atoms with Crippen LogP contribution in [0.2, 0.25) is 0 Å². The van der Waals surface area contributed by atoms with Gasteiger partial charge in [0, 0.05) is 11.1 Å². The molecule has 0 bridgehead atoms. The fourth-order valence-corrected chi connectivity index (χ4v) is 7.91. The van der Waals surface area contributed by atoms with E-state index in [1.165, 1.54) is 0 Å². The maximum atomic E-state index is 14.3. The van der Waals surface area contributed by atoms with Gasteiger partial charge in [0.1, 0.15) is 24.7 Å². The fraction of sp³-hybridized carbons (Fsp3) is 0.100. The van der Waals surface area contributed by atoms with Crippen LogP contribution in [-0.2, 0) is 23.1 Å². The first-order valence-corrected chi connectivity index (χ1v) is 18.5. The summed E-state index contributed by atoms with van der Waals surface area (Å²) in [5.74, 6) is 1.21. The van der Waals surface area contributed by atoms with Crippen molar-refractivity contribution in [1.82, 2.24) is 0 Å². The summed E-state index contributed by atoms with van der Waals surface area (Å²) in [5, 5.41) is 0. The molecule has 4 nitrogen and oxygen atoms in total. The van der Waals surface area contributed by atoms with Crippen molar-refractivity contribution < 1.29 is 17.9 Å². The Morgan fingerprint density at radius 1 is 0.468 bits per heavy atom. The monoisotopic (exact) mass is 766 g/mol. The number of sulfone groups is 1. The molecule has 0 aliphatic heterocycles. The molecule has 0 aliphatic carbocycles. The summed E-state index contributed by atoms with van der Waals surface area (Å²) in [6, 6.07) is 49.7. The van der Waals surface area contributed by atoms with E-state index in [4.69, 9.17) is 9.47 Å². The maximum Gasteiger partial charge on any atom is 0.206 e. The van der Waals surface area contributed by atoms with Gasteiger partial charge in [-0.15, -0.1) is 0 Å². The third-order valence-corrected chi connectivity index (χ3v) is 11.6. The SMILES string of the molecule is O=S(=O)(c1ccc(OCc2ccccc2)c(C(Br)c2ccccc2)c1)c1ccc(OCc2ccccc2)c(C(Br)c2ccccc2)c1. The zero-order valence-corrected chi connectivity index (χ0v) is 29.4. The molecule has 2 atom stereocenters. The molecule has 0 saturated heterocycles. The lowest BCUT2D eigenvalue weighted by Crippen LogP contribution is -2.08. The Morgan fingerprint density at radius 3 is 1.17 bits per heavy atom. The van der Waals surface area contributed by atoms with Gasteiger partial charge in [0.25, 0.3) is 0 Å². The van der Waals surface area contributed by atoms with Crippen LogP contribution in [0.15, 0.2) is 168 Å². The van der Waals surface area contributed by atoms with Gasteiger partial charge in [-0.25, -0.2) is 8.42 Å². The van der Waals surface area contributed by atoms with Gasteiger partial charge >= 0.3 is 0 Å². The van der Waals surface area contributed by atoms with E-state index in [2.05, 4.69) is 31.9 Å². The third-order valence-electron chi connectivity index (χ3n) is 7.79. The average molecular weight is 769 g/mol. The predicted molar refractivity (Wildman–Crippen MR) is 194 cm³/mol. The second kappa shape index (κ2) is 15.2. The number of rotatable bonds is 12. The van der Waals surface area contributed by atoms with E-state index in [1.807, 2.05) is 121 Å². The van der Waals surface area contributed by atoms with Gasteiger partial charge in [0.15, 0.2) is 0 Å². The minimum Gasteiger partial charge on any atom is -0.489 e. The first-order chi connectivity index (χ1) is 22.9. The molecule has 0 saturated carbocycles. The van der Waals surface area contributed by atoms with Gasteiger partial charge in [-0.1, -0.05) is 153 Å². The molecule has 7 heteroatoms. The van der Waals surface area contributed by atoms with E-state index in [1.54, 1.807) is 36.4 Å². The molecular weight excluding hydrogens is 736 g/mol. The van der Waals surface area contributed by atoms with Crippen molar-refractivity contribution in [1.29, 1.82) is 0 Å². The molecule has 0 spiro atoms. The number of hydrogen-bond donors (Lipinski definition) is 0. The molecule has 6 aromatic carbocycles. The van der Waals surface area contributed by atoms with Crippen molar-refractivity contribution in [3.8, 4) is 11.5 Å². The predicted octanol–water partition coefficient (Wildman–Crippen LogP) is 10.6. The lowest BCUT2D eigenvalue weighted by atomic mass is 10.0. The van der Waals surface area contributed by atoms with Crippen LogP contribution >= 0.6 is 31.9 Å². The molecular formula is C40H32Br2O4S. The van der Waals surface area contributed by atoms with Crippen molar-refractivity contribution >= 4 is 41.7 Å². The summed E-state index contributed by atoms with van der Waals surface area (Å²) in [6.45, 7) is 0.711. The highest BCUT2D eigenvalue weighted by molar-refractivity contribution is 9.09. The number of hydrogen-bond acceptors (Lipinski definition) is 4. The quantitative estimate of drug-likeness (QED) is 0.116. The molecule has 236 valence electrons. The molecule has 0 heterocycles. The normalized spacial score (nSPS) is 12.6. The molecule has 0 radical (unpaired) electrons. The fourth-order valence-electron chi connectivity index (χ4n) is 5.26. The van der Waals surface area contributed by atoms with Crippen molar-refractivity contribution in [3.05, 3.63) is 191 Å². The standard InChI is InChI=1S/C40H32Br2O4S/c41-39(31-17-9-3-10-18-31)35-25-33(21-23-37(35)45-27-29-13-5-1-6-14-29)47(43,44)34-22-24-38(46-28-30-15-7-2-8-16-30)36(26-34)40(42)32-19-11-4-12-20-32/h1-26,39-40H,27-28H2. The highest BCUT2D eigenvalue weighted by Crippen LogP contribution is 2.41. The summed E-state index contributed by atoms with van der Waals surface area (Å²) in [7, 11) is -3.94. The Kier molecular flexibility index (Phi) is 10.6. The Labute approximate surface area is 293 Å². The van der Waals surface area contributed by atoms with E-state index in [0.717, 1.165) is 33.4 Å². The third kappa shape index (κ3) is 7.87. The molecule has 0 aliphatic rings. The zero-order valence-electron chi connectivity index (χ0n) is 25.4. The molecule has 47 heavy (non-hydrogen) atoms. The van der Waals surface area contributed by atoms with Crippen LogP contribution in [-0.4, -0.2) is 8.42 Å². The molecule has 6 rings (SSSR count). The highest BCUT2D eigenvalue weighted by atomic mass is 79.9. The first kappa shape index (κ1) is 32.8. The van der Waals surface area contributed by atoms with E-state index in [-0.39, 0.29) is 19.4 Å². The van der Waals surface area contributed by atoms with E-state index >= 15 is 0 Å². The Hall–Kier alpha value is -4.17. The van der Waals surface area contributed by atoms with Gasteiger partial charge in [-0.2, -0.15) is 0 Å². The summed E-state index contributed by atoms with van der Waals surface area (Å²) in [6.07, 6.45) is 0. The van der Waals surface area contributed by atoms with Crippen molar-refractivity contribution in [2.24, 2.45) is 0 Å². The Balaban J connectivity index is 1.38. The summed E-state index contributed by atoms with van der Waals surface area (Å²) in [4.78, 5) is -0.234. The van der Waals surface area contributed by atoms with Gasteiger partial charge in [0.05, 0.1) is 19.4 Å². The van der Waals surface area contributed by atoms with Crippen molar-refractivity contribution in [2.75, 3.05) is 0 Å². The smallest absolute Gasteiger partial charge is 0.206 e. The van der Waals surface area contributed by atoms with Crippen LogP contribution in [0.4, 0.5) is 0 Å². The minimum absolute atomic E-state index is 0.176. The second-order valence-electron chi connectivity index (χ2n) is 11.0. The van der Waals surface area contributed by atoms with Gasteiger partial charge in [-0.3, -0.25) is 0 Å².